The van der Waals surface area contributed by atoms with Crippen molar-refractivity contribution < 1.29 is 23.9 Å². The number of benzene rings is 3. The Hall–Kier alpha value is -4.66. The smallest absolute Gasteiger partial charge is 0.329 e. The summed E-state index contributed by atoms with van der Waals surface area (Å²) in [4.78, 5) is 36.4. The van der Waals surface area contributed by atoms with Crippen LogP contribution in [-0.4, -0.2) is 37.1 Å². The van der Waals surface area contributed by atoms with Crippen LogP contribution in [0, 0.1) is 0 Å². The van der Waals surface area contributed by atoms with Gasteiger partial charge in [0.05, 0.1) is 18.5 Å². The zero-order chi connectivity index (χ0) is 25.8. The summed E-state index contributed by atoms with van der Waals surface area (Å²) in [5.74, 6) is -1.19. The van der Waals surface area contributed by atoms with Gasteiger partial charge in [0.25, 0.3) is 5.91 Å². The average molecular weight is 489 g/mol. The van der Waals surface area contributed by atoms with Crippen molar-refractivity contribution in [3.8, 4) is 11.5 Å². The fraction of sp³-hybridized carbons (Fsp3) is 0.185. The van der Waals surface area contributed by atoms with E-state index in [4.69, 9.17) is 9.47 Å². The minimum atomic E-state index is -0.936. The minimum absolute atomic E-state index is 0.170. The SMILES string of the molecule is CCOc1ccccc1NC(=O)C(=O)N/N=C\c1cccc(OCC(=O)Nc2ccc(CC)cc2)c1. The molecule has 3 aromatic rings. The van der Waals surface area contributed by atoms with Crippen molar-refractivity contribution in [1.82, 2.24) is 5.43 Å². The van der Waals surface area contributed by atoms with E-state index in [-0.39, 0.29) is 12.5 Å². The van der Waals surface area contributed by atoms with Gasteiger partial charge in [-0.2, -0.15) is 5.10 Å². The molecule has 9 nitrogen and oxygen atoms in total. The average Bonchev–Trinajstić information content (AvgIpc) is 2.89. The number of anilines is 2. The summed E-state index contributed by atoms with van der Waals surface area (Å²) in [6.45, 7) is 4.14. The highest BCUT2D eigenvalue weighted by Gasteiger charge is 2.15. The molecule has 0 saturated heterocycles. The molecule has 186 valence electrons. The van der Waals surface area contributed by atoms with Gasteiger partial charge < -0.3 is 20.1 Å². The second-order valence-electron chi connectivity index (χ2n) is 7.54. The van der Waals surface area contributed by atoms with Gasteiger partial charge in [0.2, 0.25) is 0 Å². The van der Waals surface area contributed by atoms with Crippen molar-refractivity contribution in [3.63, 3.8) is 0 Å². The van der Waals surface area contributed by atoms with Crippen molar-refractivity contribution in [3.05, 3.63) is 83.9 Å². The molecule has 36 heavy (non-hydrogen) atoms. The fourth-order valence-electron chi connectivity index (χ4n) is 3.10. The number of nitrogens with zero attached hydrogens (tertiary/aromatic N) is 1. The number of amides is 3. The molecule has 0 radical (unpaired) electrons. The van der Waals surface area contributed by atoms with E-state index in [0.717, 1.165) is 6.42 Å². The number of para-hydroxylation sites is 2. The summed E-state index contributed by atoms with van der Waals surface area (Å²) in [6, 6.07) is 21.2. The van der Waals surface area contributed by atoms with Crippen molar-refractivity contribution in [2.45, 2.75) is 20.3 Å². The molecule has 0 saturated carbocycles. The highest BCUT2D eigenvalue weighted by atomic mass is 16.5. The van der Waals surface area contributed by atoms with Crippen LogP contribution in [0.2, 0.25) is 0 Å². The molecular formula is C27H28N4O5. The van der Waals surface area contributed by atoms with Gasteiger partial charge in [0.15, 0.2) is 6.61 Å². The predicted octanol–water partition coefficient (Wildman–Crippen LogP) is 3.75. The Labute approximate surface area is 209 Å². The minimum Gasteiger partial charge on any atom is -0.492 e. The predicted molar refractivity (Wildman–Crippen MR) is 138 cm³/mol. The third-order valence-electron chi connectivity index (χ3n) is 4.90. The normalized spacial score (nSPS) is 10.5. The molecule has 0 heterocycles. The van der Waals surface area contributed by atoms with Gasteiger partial charge in [0.1, 0.15) is 11.5 Å². The Morgan fingerprint density at radius 1 is 0.861 bits per heavy atom. The van der Waals surface area contributed by atoms with Crippen molar-refractivity contribution in [2.75, 3.05) is 23.8 Å². The van der Waals surface area contributed by atoms with Crippen LogP contribution >= 0.6 is 0 Å². The van der Waals surface area contributed by atoms with Crippen LogP contribution in [-0.2, 0) is 20.8 Å². The fourth-order valence-corrected chi connectivity index (χ4v) is 3.10. The van der Waals surface area contributed by atoms with E-state index >= 15 is 0 Å². The summed E-state index contributed by atoms with van der Waals surface area (Å²) in [5.41, 5.74) is 5.05. The van der Waals surface area contributed by atoms with E-state index in [9.17, 15) is 14.4 Å². The molecule has 0 aliphatic heterocycles. The highest BCUT2D eigenvalue weighted by Crippen LogP contribution is 2.23. The van der Waals surface area contributed by atoms with E-state index in [1.807, 2.05) is 31.2 Å². The van der Waals surface area contributed by atoms with Gasteiger partial charge in [0, 0.05) is 5.69 Å². The zero-order valence-electron chi connectivity index (χ0n) is 20.1. The topological polar surface area (TPSA) is 118 Å². The monoisotopic (exact) mass is 488 g/mol. The molecule has 0 aromatic heterocycles. The number of ether oxygens (including phenoxy) is 2. The van der Waals surface area contributed by atoms with Crippen molar-refractivity contribution in [2.24, 2.45) is 5.10 Å². The molecule has 9 heteroatoms. The number of carbonyl (C=O) groups excluding carboxylic acids is 3. The number of hydrogen-bond acceptors (Lipinski definition) is 6. The van der Waals surface area contributed by atoms with Crippen molar-refractivity contribution in [1.29, 1.82) is 0 Å². The number of nitrogens with one attached hydrogen (secondary N) is 3. The van der Waals surface area contributed by atoms with Gasteiger partial charge in [-0.1, -0.05) is 43.3 Å². The van der Waals surface area contributed by atoms with E-state index in [1.54, 1.807) is 48.5 Å². The van der Waals surface area contributed by atoms with Crippen LogP contribution < -0.4 is 25.5 Å². The molecule has 3 amide bonds. The third-order valence-corrected chi connectivity index (χ3v) is 4.90. The number of hydrogen-bond donors (Lipinski definition) is 3. The number of carbonyl (C=O) groups is 3. The molecule has 0 atom stereocenters. The standard InChI is InChI=1S/C27H28N4O5/c1-3-19-12-14-21(15-13-19)29-25(32)18-36-22-9-7-8-20(16-22)17-28-31-27(34)26(33)30-23-10-5-6-11-24(23)35-4-2/h5-17H,3-4,18H2,1-2H3,(H,29,32)(H,30,33)(H,31,34)/b28-17-. The summed E-state index contributed by atoms with van der Waals surface area (Å²) in [5, 5.41) is 9.09. The highest BCUT2D eigenvalue weighted by molar-refractivity contribution is 6.39. The van der Waals surface area contributed by atoms with Crippen LogP contribution in [0.1, 0.15) is 25.0 Å². The van der Waals surface area contributed by atoms with Gasteiger partial charge in [-0.15, -0.1) is 0 Å². The largest absolute Gasteiger partial charge is 0.492 e. The first kappa shape index (κ1) is 26.0. The Morgan fingerprint density at radius 2 is 1.64 bits per heavy atom. The molecule has 0 aliphatic carbocycles. The maximum absolute atomic E-state index is 12.2. The number of rotatable bonds is 10. The van der Waals surface area contributed by atoms with Crippen LogP contribution in [0.4, 0.5) is 11.4 Å². The Kier molecular flexibility index (Phi) is 9.58. The molecular weight excluding hydrogens is 460 g/mol. The summed E-state index contributed by atoms with van der Waals surface area (Å²) in [7, 11) is 0. The van der Waals surface area contributed by atoms with E-state index in [0.29, 0.717) is 35.0 Å². The summed E-state index contributed by atoms with van der Waals surface area (Å²) in [6.07, 6.45) is 2.29. The molecule has 0 aliphatic rings. The lowest BCUT2D eigenvalue weighted by molar-refractivity contribution is -0.136. The van der Waals surface area contributed by atoms with E-state index in [2.05, 4.69) is 28.1 Å². The maximum Gasteiger partial charge on any atom is 0.329 e. The second kappa shape index (κ2) is 13.3. The summed E-state index contributed by atoms with van der Waals surface area (Å²) >= 11 is 0. The quantitative estimate of drug-likeness (QED) is 0.228. The Bertz CT molecular complexity index is 1220. The lowest BCUT2D eigenvalue weighted by Crippen LogP contribution is -2.32. The van der Waals surface area contributed by atoms with Gasteiger partial charge in [-0.25, -0.2) is 5.43 Å². The molecule has 0 unspecified atom stereocenters. The van der Waals surface area contributed by atoms with Crippen LogP contribution in [0.15, 0.2) is 77.9 Å². The molecule has 3 N–H and O–H groups in total. The molecule has 0 fully saturated rings. The van der Waals surface area contributed by atoms with Crippen LogP contribution in [0.3, 0.4) is 0 Å². The first-order valence-corrected chi connectivity index (χ1v) is 11.5. The van der Waals surface area contributed by atoms with Crippen LogP contribution in [0.25, 0.3) is 0 Å². The molecule has 3 aromatic carbocycles. The lowest BCUT2D eigenvalue weighted by atomic mass is 10.1. The van der Waals surface area contributed by atoms with Gasteiger partial charge in [-0.05, 0) is 60.9 Å². The molecule has 3 rings (SSSR count). The van der Waals surface area contributed by atoms with Gasteiger partial charge in [-0.3, -0.25) is 14.4 Å². The Morgan fingerprint density at radius 3 is 2.39 bits per heavy atom. The number of aryl methyl sites for hydroxylation is 1. The molecule has 0 bridgehead atoms. The zero-order valence-corrected chi connectivity index (χ0v) is 20.1. The molecule has 0 spiro atoms. The second-order valence-corrected chi connectivity index (χ2v) is 7.54. The lowest BCUT2D eigenvalue weighted by Gasteiger charge is -2.10. The Balaban J connectivity index is 1.48. The number of hydrazone groups is 1. The first-order valence-electron chi connectivity index (χ1n) is 11.5. The van der Waals surface area contributed by atoms with E-state index in [1.165, 1.54) is 11.8 Å². The van der Waals surface area contributed by atoms with E-state index < -0.39 is 11.8 Å². The van der Waals surface area contributed by atoms with Crippen molar-refractivity contribution >= 4 is 35.3 Å². The first-order chi connectivity index (χ1) is 17.5. The maximum atomic E-state index is 12.2. The summed E-state index contributed by atoms with van der Waals surface area (Å²) < 4.78 is 11.0. The van der Waals surface area contributed by atoms with Gasteiger partial charge >= 0.3 is 11.8 Å². The van der Waals surface area contributed by atoms with Crippen LogP contribution in [0.5, 0.6) is 11.5 Å². The third kappa shape index (κ3) is 7.98.